The number of H-pyrrole nitrogens is 1. The lowest BCUT2D eigenvalue weighted by molar-refractivity contribution is -0.145. The molecule has 31 heavy (non-hydrogen) atoms. The van der Waals surface area contributed by atoms with Crippen LogP contribution in [0.25, 0.3) is 0 Å². The van der Waals surface area contributed by atoms with E-state index >= 15 is 0 Å². The Bertz CT molecular complexity index is 925. The molecule has 1 saturated carbocycles. The zero-order chi connectivity index (χ0) is 22.8. The van der Waals surface area contributed by atoms with Crippen LogP contribution in [0.3, 0.4) is 0 Å². The molecule has 0 spiro atoms. The molecule has 0 aliphatic heterocycles. The molecule has 0 aromatic carbocycles. The molecule has 0 bridgehead atoms. The fraction of sp³-hybridized carbons (Fsp3) is 0.579. The van der Waals surface area contributed by atoms with Crippen molar-refractivity contribution in [1.29, 1.82) is 0 Å². The van der Waals surface area contributed by atoms with Gasteiger partial charge in [-0.2, -0.15) is 23.4 Å². The van der Waals surface area contributed by atoms with Crippen molar-refractivity contribution in [2.24, 2.45) is 7.05 Å². The Labute approximate surface area is 176 Å². The van der Waals surface area contributed by atoms with Gasteiger partial charge in [0.05, 0.1) is 19.0 Å². The summed E-state index contributed by atoms with van der Waals surface area (Å²) in [6.07, 6.45) is -2.03. The van der Waals surface area contributed by atoms with Gasteiger partial charge in [0, 0.05) is 43.0 Å². The number of carboxylic acid groups (broad SMARTS) is 1. The summed E-state index contributed by atoms with van der Waals surface area (Å²) in [6.45, 7) is 1.28. The number of nitrogens with zero attached hydrogens (tertiary/aromatic N) is 4. The van der Waals surface area contributed by atoms with E-state index in [4.69, 9.17) is 0 Å². The van der Waals surface area contributed by atoms with Crippen molar-refractivity contribution in [3.05, 3.63) is 29.7 Å². The average molecular weight is 442 g/mol. The number of hydrogen-bond donors (Lipinski definition) is 3. The van der Waals surface area contributed by atoms with Crippen LogP contribution in [-0.4, -0.2) is 60.2 Å². The van der Waals surface area contributed by atoms with E-state index in [1.807, 2.05) is 0 Å². The summed E-state index contributed by atoms with van der Waals surface area (Å²) in [7, 11) is 1.76. The number of carbonyl (C=O) groups excluding carboxylic acids is 1. The standard InChI is InChI=1S/C19H25F3N6O3/c1-11(8-19(20,21)22)28(18(30)31)14-4-3-13(6-14)15-7-16(26-25-15)24-17(29)5-12-9-23-27(2)10-12/h7,9-11,13-14H,3-6,8H2,1-2H3,(H,30,31)(H2,24,25,26,29)/t11?,13-,14+/m0/s1. The van der Waals surface area contributed by atoms with Gasteiger partial charge in [-0.05, 0) is 31.7 Å². The molecular formula is C19H25F3N6O3. The smallest absolute Gasteiger partial charge is 0.407 e. The normalized spacial score (nSPS) is 19.9. The van der Waals surface area contributed by atoms with E-state index in [1.54, 1.807) is 30.2 Å². The number of carbonyl (C=O) groups is 2. The van der Waals surface area contributed by atoms with Crippen LogP contribution in [0, 0.1) is 0 Å². The van der Waals surface area contributed by atoms with E-state index in [1.165, 1.54) is 6.92 Å². The fourth-order valence-electron chi connectivity index (χ4n) is 4.18. The Hall–Kier alpha value is -3.05. The van der Waals surface area contributed by atoms with Crippen LogP contribution in [0.4, 0.5) is 23.8 Å². The number of rotatable bonds is 7. The van der Waals surface area contributed by atoms with Crippen molar-refractivity contribution in [3.63, 3.8) is 0 Å². The highest BCUT2D eigenvalue weighted by Gasteiger charge is 2.40. The molecule has 1 aliphatic carbocycles. The second kappa shape index (κ2) is 8.98. The van der Waals surface area contributed by atoms with Crippen LogP contribution in [0.1, 0.15) is 49.8 Å². The quantitative estimate of drug-likeness (QED) is 0.609. The van der Waals surface area contributed by atoms with Crippen LogP contribution in [-0.2, 0) is 18.3 Å². The largest absolute Gasteiger partial charge is 0.465 e. The molecule has 2 heterocycles. The van der Waals surface area contributed by atoms with Crippen molar-refractivity contribution < 1.29 is 27.9 Å². The average Bonchev–Trinajstić information content (AvgIpc) is 3.35. The Balaban J connectivity index is 1.59. The second-order valence-corrected chi connectivity index (χ2v) is 7.98. The highest BCUT2D eigenvalue weighted by Crippen LogP contribution is 2.38. The molecule has 1 unspecified atom stereocenters. The van der Waals surface area contributed by atoms with Crippen LogP contribution in [0.2, 0.25) is 0 Å². The molecule has 3 atom stereocenters. The van der Waals surface area contributed by atoms with Gasteiger partial charge >= 0.3 is 12.3 Å². The van der Waals surface area contributed by atoms with Gasteiger partial charge in [-0.15, -0.1) is 0 Å². The van der Waals surface area contributed by atoms with Gasteiger partial charge in [0.1, 0.15) is 0 Å². The van der Waals surface area contributed by atoms with Gasteiger partial charge < -0.3 is 15.3 Å². The van der Waals surface area contributed by atoms with Crippen molar-refractivity contribution >= 4 is 17.8 Å². The number of amides is 2. The Morgan fingerprint density at radius 2 is 2.16 bits per heavy atom. The fourth-order valence-corrected chi connectivity index (χ4v) is 4.18. The van der Waals surface area contributed by atoms with E-state index in [2.05, 4.69) is 20.6 Å². The van der Waals surface area contributed by atoms with E-state index in [-0.39, 0.29) is 18.2 Å². The third-order valence-electron chi connectivity index (χ3n) is 5.45. The minimum Gasteiger partial charge on any atom is -0.465 e. The second-order valence-electron chi connectivity index (χ2n) is 7.98. The summed E-state index contributed by atoms with van der Waals surface area (Å²) in [5.41, 5.74) is 1.48. The lowest BCUT2D eigenvalue weighted by Crippen LogP contribution is -2.46. The molecular weight excluding hydrogens is 417 g/mol. The maximum Gasteiger partial charge on any atom is 0.407 e. The summed E-state index contributed by atoms with van der Waals surface area (Å²) in [6, 6.07) is 0.00967. The van der Waals surface area contributed by atoms with E-state index in [0.29, 0.717) is 30.8 Å². The van der Waals surface area contributed by atoms with Crippen LogP contribution in [0.5, 0.6) is 0 Å². The Kier molecular flexibility index (Phi) is 6.56. The molecule has 9 nitrogen and oxygen atoms in total. The molecule has 2 aromatic heterocycles. The number of aryl methyl sites for hydroxylation is 1. The molecule has 2 amide bonds. The number of halogens is 3. The molecule has 0 radical (unpaired) electrons. The first-order valence-corrected chi connectivity index (χ1v) is 9.92. The van der Waals surface area contributed by atoms with Gasteiger partial charge in [0.2, 0.25) is 5.91 Å². The monoisotopic (exact) mass is 442 g/mol. The van der Waals surface area contributed by atoms with Gasteiger partial charge in [0.15, 0.2) is 5.82 Å². The number of aromatic amines is 1. The highest BCUT2D eigenvalue weighted by atomic mass is 19.4. The maximum atomic E-state index is 12.7. The summed E-state index contributed by atoms with van der Waals surface area (Å²) >= 11 is 0. The van der Waals surface area contributed by atoms with Crippen molar-refractivity contribution in [2.45, 2.75) is 63.2 Å². The SMILES string of the molecule is CC(CC(F)(F)F)N(C(=O)O)[C@@H]1CC[C@H](c2cc(NC(=O)Cc3cnn(C)c3)n[nH]2)C1. The minimum atomic E-state index is -4.43. The number of aromatic nitrogens is 4. The molecule has 1 aliphatic rings. The van der Waals surface area contributed by atoms with Crippen LogP contribution < -0.4 is 5.32 Å². The number of hydrogen-bond acceptors (Lipinski definition) is 4. The van der Waals surface area contributed by atoms with Gasteiger partial charge in [-0.3, -0.25) is 14.6 Å². The van der Waals surface area contributed by atoms with E-state index in [0.717, 1.165) is 10.5 Å². The van der Waals surface area contributed by atoms with E-state index < -0.39 is 30.8 Å². The highest BCUT2D eigenvalue weighted by molar-refractivity contribution is 5.91. The summed E-state index contributed by atoms with van der Waals surface area (Å²) in [4.78, 5) is 24.7. The number of alkyl halides is 3. The molecule has 1 fully saturated rings. The number of nitrogens with one attached hydrogen (secondary N) is 2. The zero-order valence-electron chi connectivity index (χ0n) is 17.2. The molecule has 2 aromatic rings. The third kappa shape index (κ3) is 5.98. The van der Waals surface area contributed by atoms with Gasteiger partial charge in [-0.25, -0.2) is 4.79 Å². The first kappa shape index (κ1) is 22.6. The van der Waals surface area contributed by atoms with Crippen molar-refractivity contribution in [1.82, 2.24) is 24.9 Å². The zero-order valence-corrected chi connectivity index (χ0v) is 17.2. The minimum absolute atomic E-state index is 0.0820. The molecule has 3 rings (SSSR count). The molecule has 12 heteroatoms. The lowest BCUT2D eigenvalue weighted by Gasteiger charge is -2.32. The van der Waals surface area contributed by atoms with E-state index in [9.17, 15) is 27.9 Å². The summed E-state index contributed by atoms with van der Waals surface area (Å²) < 4.78 is 39.8. The Morgan fingerprint density at radius 3 is 2.77 bits per heavy atom. The number of anilines is 1. The topological polar surface area (TPSA) is 116 Å². The van der Waals surface area contributed by atoms with Crippen molar-refractivity contribution in [2.75, 3.05) is 5.32 Å². The lowest BCUT2D eigenvalue weighted by atomic mass is 10.0. The molecule has 3 N–H and O–H groups in total. The first-order chi connectivity index (χ1) is 14.5. The maximum absolute atomic E-state index is 12.7. The van der Waals surface area contributed by atoms with Crippen molar-refractivity contribution in [3.8, 4) is 0 Å². The van der Waals surface area contributed by atoms with Crippen LogP contribution >= 0.6 is 0 Å². The third-order valence-corrected chi connectivity index (χ3v) is 5.45. The van der Waals surface area contributed by atoms with Gasteiger partial charge in [0.25, 0.3) is 0 Å². The summed E-state index contributed by atoms with van der Waals surface area (Å²) in [5, 5.41) is 23.1. The first-order valence-electron chi connectivity index (χ1n) is 9.92. The Morgan fingerprint density at radius 1 is 1.42 bits per heavy atom. The molecule has 0 saturated heterocycles. The predicted molar refractivity (Wildman–Crippen MR) is 105 cm³/mol. The summed E-state index contributed by atoms with van der Waals surface area (Å²) in [5.74, 6) is 0.00246. The predicted octanol–water partition coefficient (Wildman–Crippen LogP) is 3.28. The van der Waals surface area contributed by atoms with Crippen LogP contribution in [0.15, 0.2) is 18.5 Å². The molecule has 170 valence electrons. The van der Waals surface area contributed by atoms with Gasteiger partial charge in [-0.1, -0.05) is 0 Å².